The van der Waals surface area contributed by atoms with Crippen LogP contribution in [0.3, 0.4) is 0 Å². The Morgan fingerprint density at radius 3 is 2.39 bits per heavy atom. The minimum absolute atomic E-state index is 0. The number of fused-ring (bicyclic) bond motifs is 3. The Hall–Kier alpha value is 0.470. The van der Waals surface area contributed by atoms with E-state index in [1.807, 2.05) is 6.92 Å². The topological polar surface area (TPSA) is 40.1 Å². The van der Waals surface area contributed by atoms with E-state index in [2.05, 4.69) is 20.8 Å². The van der Waals surface area contributed by atoms with E-state index in [1.54, 1.807) is 0 Å². The summed E-state index contributed by atoms with van der Waals surface area (Å²) in [7, 11) is 0. The summed E-state index contributed by atoms with van der Waals surface area (Å²) in [5, 5.41) is 11.9. The van der Waals surface area contributed by atoms with Crippen LogP contribution in [-0.2, 0) is 4.79 Å². The van der Waals surface area contributed by atoms with Gasteiger partial charge in [-0.3, -0.25) is 0 Å². The zero-order chi connectivity index (χ0) is 16.1. The van der Waals surface area contributed by atoms with E-state index in [-0.39, 0.29) is 35.0 Å². The predicted octanol–water partition coefficient (Wildman–Crippen LogP) is 1.04. The molecule has 3 unspecified atom stereocenters. The molecule has 3 rings (SSSR count). The first kappa shape index (κ1) is 19.8. The number of hydrogen-bond acceptors (Lipinski definition) is 2. The van der Waals surface area contributed by atoms with Crippen molar-refractivity contribution in [2.45, 2.75) is 79.1 Å². The van der Waals surface area contributed by atoms with Gasteiger partial charge >= 0.3 is 29.6 Å². The Morgan fingerprint density at radius 1 is 1.09 bits per heavy atom. The van der Waals surface area contributed by atoms with Gasteiger partial charge in [0.15, 0.2) is 0 Å². The summed E-state index contributed by atoms with van der Waals surface area (Å²) >= 11 is 0. The first-order valence-corrected chi connectivity index (χ1v) is 9.50. The third-order valence-corrected chi connectivity index (χ3v) is 8.08. The van der Waals surface area contributed by atoms with Crippen molar-refractivity contribution in [3.05, 3.63) is 0 Å². The second-order valence-electron chi connectivity index (χ2n) is 9.38. The number of carboxylic acids is 1. The van der Waals surface area contributed by atoms with Crippen LogP contribution in [-0.4, -0.2) is 5.97 Å². The molecule has 0 aromatic heterocycles. The molecule has 0 aromatic rings. The van der Waals surface area contributed by atoms with Crippen LogP contribution >= 0.6 is 0 Å². The van der Waals surface area contributed by atoms with Gasteiger partial charge in [0, 0.05) is 11.4 Å². The first-order valence-electron chi connectivity index (χ1n) is 9.50. The molecule has 6 atom stereocenters. The third-order valence-electron chi connectivity index (χ3n) is 8.08. The number of carbonyl (C=O) groups is 1. The molecule has 0 saturated heterocycles. The molecule has 2 nitrogen and oxygen atoms in total. The fourth-order valence-electron chi connectivity index (χ4n) is 6.72. The normalized spacial score (nSPS) is 46.5. The van der Waals surface area contributed by atoms with E-state index >= 15 is 0 Å². The van der Waals surface area contributed by atoms with E-state index in [0.717, 1.165) is 42.9 Å². The van der Waals surface area contributed by atoms with Crippen LogP contribution in [0.5, 0.6) is 0 Å². The number of aliphatic carboxylic acids is 1. The fourth-order valence-corrected chi connectivity index (χ4v) is 6.72. The second-order valence-corrected chi connectivity index (χ2v) is 9.38. The van der Waals surface area contributed by atoms with Crippen LogP contribution in [0.25, 0.3) is 0 Å². The van der Waals surface area contributed by atoms with E-state index < -0.39 is 11.4 Å². The van der Waals surface area contributed by atoms with Crippen LogP contribution in [0, 0.1) is 40.4 Å². The van der Waals surface area contributed by atoms with Crippen molar-refractivity contribution >= 4 is 5.97 Å². The van der Waals surface area contributed by atoms with Crippen molar-refractivity contribution in [2.75, 3.05) is 0 Å². The molecule has 0 N–H and O–H groups in total. The van der Waals surface area contributed by atoms with E-state index in [9.17, 15) is 9.90 Å². The van der Waals surface area contributed by atoms with Gasteiger partial charge in [-0.15, -0.1) is 0 Å². The maximum Gasteiger partial charge on any atom is 1.00 e. The molecule has 0 aliphatic heterocycles. The number of hydrogen-bond donors (Lipinski definition) is 0. The summed E-state index contributed by atoms with van der Waals surface area (Å²) in [6.07, 6.45) is 9.52. The molecule has 3 fully saturated rings. The van der Waals surface area contributed by atoms with E-state index in [4.69, 9.17) is 0 Å². The first-order chi connectivity index (χ1) is 10.3. The van der Waals surface area contributed by atoms with Crippen molar-refractivity contribution in [2.24, 2.45) is 40.4 Å². The molecule has 3 aliphatic rings. The minimum Gasteiger partial charge on any atom is -0.550 e. The van der Waals surface area contributed by atoms with Crippen molar-refractivity contribution in [3.8, 4) is 0 Å². The van der Waals surface area contributed by atoms with Gasteiger partial charge in [0.1, 0.15) is 0 Å². The Morgan fingerprint density at radius 2 is 1.78 bits per heavy atom. The smallest absolute Gasteiger partial charge is 0.550 e. The van der Waals surface area contributed by atoms with Gasteiger partial charge in [-0.05, 0) is 80.0 Å². The zero-order valence-corrected chi connectivity index (χ0v) is 17.9. The molecule has 0 radical (unpaired) electrons. The van der Waals surface area contributed by atoms with Crippen molar-refractivity contribution in [3.63, 3.8) is 0 Å². The quantitative estimate of drug-likeness (QED) is 0.711. The third kappa shape index (κ3) is 3.17. The molecule has 23 heavy (non-hydrogen) atoms. The van der Waals surface area contributed by atoms with Gasteiger partial charge in [0.25, 0.3) is 0 Å². The van der Waals surface area contributed by atoms with Crippen LogP contribution in [0.1, 0.15) is 79.1 Å². The van der Waals surface area contributed by atoms with E-state index in [1.165, 1.54) is 32.1 Å². The average Bonchev–Trinajstić information content (AvgIpc) is 2.46. The summed E-state index contributed by atoms with van der Waals surface area (Å²) in [5.74, 6) is 2.81. The predicted molar refractivity (Wildman–Crippen MR) is 87.0 cm³/mol. The summed E-state index contributed by atoms with van der Waals surface area (Å²) in [6, 6.07) is 0. The van der Waals surface area contributed by atoms with E-state index in [0.29, 0.717) is 5.92 Å². The molecule has 3 heteroatoms. The molecule has 0 amide bonds. The maximum absolute atomic E-state index is 11.9. The molecule has 0 heterocycles. The molecule has 0 bridgehead atoms. The summed E-state index contributed by atoms with van der Waals surface area (Å²) in [5.41, 5.74) is -0.356. The Balaban J connectivity index is 0.00000192. The zero-order valence-electron chi connectivity index (χ0n) is 15.9. The minimum atomic E-state index is -0.794. The molecular formula is C20H33NaO2. The molecular weight excluding hydrogens is 295 g/mol. The van der Waals surface area contributed by atoms with Crippen LogP contribution in [0.15, 0.2) is 0 Å². The second kappa shape index (κ2) is 7.00. The van der Waals surface area contributed by atoms with Gasteiger partial charge in [-0.1, -0.05) is 34.1 Å². The molecule has 0 spiro atoms. The molecule has 3 aliphatic carbocycles. The Bertz CT molecular complexity index is 449. The van der Waals surface area contributed by atoms with Crippen molar-refractivity contribution < 1.29 is 39.5 Å². The SMILES string of the molecule is CC(C)C1CC[C@H]2C(CCC3[C@](C)(C(=O)[O-])CCC[C@@]32C)C1.[Na+]. The molecule has 3 saturated carbocycles. The molecule has 0 aromatic carbocycles. The van der Waals surface area contributed by atoms with Gasteiger partial charge in [-0.25, -0.2) is 0 Å². The van der Waals surface area contributed by atoms with Gasteiger partial charge in [0.05, 0.1) is 0 Å². The molecule has 126 valence electrons. The summed E-state index contributed by atoms with van der Waals surface area (Å²) in [6.45, 7) is 9.13. The number of carbonyl (C=O) groups excluding carboxylic acids is 1. The largest absolute Gasteiger partial charge is 1.00 e. The van der Waals surface area contributed by atoms with Gasteiger partial charge < -0.3 is 9.90 Å². The van der Waals surface area contributed by atoms with Crippen molar-refractivity contribution in [1.29, 1.82) is 0 Å². The standard InChI is InChI=1S/C20H34O2.Na/c1-13(2)14-6-8-16-15(12-14)7-9-17-19(16,3)10-5-11-20(17,4)18(21)22;/h13-17H,5-12H2,1-4H3,(H,21,22);/q;+1/p-1/t14?,15?,16-,17?,19+,20+;/m0./s1. The monoisotopic (exact) mass is 328 g/mol. The van der Waals surface area contributed by atoms with Crippen LogP contribution < -0.4 is 34.7 Å². The Labute approximate surface area is 164 Å². The van der Waals surface area contributed by atoms with Crippen LogP contribution in [0.4, 0.5) is 0 Å². The maximum atomic E-state index is 11.9. The van der Waals surface area contributed by atoms with Gasteiger partial charge in [-0.2, -0.15) is 0 Å². The van der Waals surface area contributed by atoms with Crippen LogP contribution in [0.2, 0.25) is 0 Å². The average molecular weight is 328 g/mol. The number of rotatable bonds is 2. The summed E-state index contributed by atoms with van der Waals surface area (Å²) in [4.78, 5) is 11.9. The fraction of sp³-hybridized carbons (Fsp3) is 0.950. The summed E-state index contributed by atoms with van der Waals surface area (Å²) < 4.78 is 0. The number of carboxylic acid groups (broad SMARTS) is 1. The van der Waals surface area contributed by atoms with Gasteiger partial charge in [0.2, 0.25) is 0 Å². The van der Waals surface area contributed by atoms with Crippen molar-refractivity contribution in [1.82, 2.24) is 0 Å². The Kier molecular flexibility index (Phi) is 6.02.